The van der Waals surface area contributed by atoms with Crippen molar-refractivity contribution < 1.29 is 13.2 Å². The highest BCUT2D eigenvalue weighted by atomic mass is 32.2. The normalized spacial score (nSPS) is 32.7. The molecule has 0 aromatic rings. The Kier molecular flexibility index (Phi) is 5.08. The topological polar surface area (TPSA) is 58.6 Å². The molecule has 134 valence electrons. The maximum atomic E-state index is 12.3. The summed E-state index contributed by atoms with van der Waals surface area (Å²) in [5, 5.41) is 3.75. The van der Waals surface area contributed by atoms with E-state index in [9.17, 15) is 8.42 Å². The molecule has 3 rings (SSSR count). The van der Waals surface area contributed by atoms with E-state index in [4.69, 9.17) is 4.74 Å². The Labute approximate surface area is 141 Å². The average molecular weight is 345 g/mol. The summed E-state index contributed by atoms with van der Waals surface area (Å²) in [4.78, 5) is 0. The number of hydrogen-bond acceptors (Lipinski definition) is 4. The van der Waals surface area contributed by atoms with Crippen LogP contribution in [0.15, 0.2) is 0 Å². The van der Waals surface area contributed by atoms with Crippen LogP contribution in [0.25, 0.3) is 0 Å². The summed E-state index contributed by atoms with van der Waals surface area (Å²) in [6.45, 7) is 5.88. The molecule has 3 fully saturated rings. The first-order chi connectivity index (χ1) is 11.0. The number of methoxy groups -OCH3 is 1. The molecule has 0 aromatic heterocycles. The van der Waals surface area contributed by atoms with E-state index >= 15 is 0 Å². The number of sulfonamides is 1. The van der Waals surface area contributed by atoms with Crippen LogP contribution in [0.1, 0.15) is 58.8 Å². The maximum absolute atomic E-state index is 12.3. The molecule has 0 bridgehead atoms. The molecule has 23 heavy (non-hydrogen) atoms. The summed E-state index contributed by atoms with van der Waals surface area (Å²) < 4.78 is 32.0. The van der Waals surface area contributed by atoms with Crippen LogP contribution in [0.3, 0.4) is 0 Å². The highest BCUT2D eigenvalue weighted by molar-refractivity contribution is 7.90. The number of rotatable bonds is 7. The van der Waals surface area contributed by atoms with Gasteiger partial charge in [-0.1, -0.05) is 13.8 Å². The van der Waals surface area contributed by atoms with Crippen LogP contribution in [0, 0.1) is 5.41 Å². The lowest BCUT2D eigenvalue weighted by molar-refractivity contribution is -0.127. The van der Waals surface area contributed by atoms with Crippen LogP contribution in [-0.4, -0.2) is 56.4 Å². The SMILES string of the molecule is CCC1(CC)[C@@H](NC2CCN(S(=O)(=O)C3CC3)CC2)C[C@@H]1OC. The minimum Gasteiger partial charge on any atom is -0.381 e. The fourth-order valence-electron chi connectivity index (χ4n) is 4.65. The van der Waals surface area contributed by atoms with Crippen LogP contribution < -0.4 is 5.32 Å². The lowest BCUT2D eigenvalue weighted by Gasteiger charge is -2.56. The van der Waals surface area contributed by atoms with Crippen LogP contribution >= 0.6 is 0 Å². The van der Waals surface area contributed by atoms with Gasteiger partial charge in [0.2, 0.25) is 10.0 Å². The van der Waals surface area contributed by atoms with Gasteiger partial charge in [-0.2, -0.15) is 0 Å². The molecule has 2 saturated carbocycles. The molecule has 1 saturated heterocycles. The fourth-order valence-corrected chi connectivity index (χ4v) is 6.52. The minimum absolute atomic E-state index is 0.0751. The minimum atomic E-state index is -2.99. The van der Waals surface area contributed by atoms with Crippen molar-refractivity contribution in [3.63, 3.8) is 0 Å². The Hall–Kier alpha value is -0.170. The molecule has 6 heteroatoms. The summed E-state index contributed by atoms with van der Waals surface area (Å²) in [7, 11) is -1.17. The molecule has 0 radical (unpaired) electrons. The van der Waals surface area contributed by atoms with E-state index in [1.165, 1.54) is 0 Å². The third-order valence-electron chi connectivity index (χ3n) is 6.58. The number of piperidine rings is 1. The van der Waals surface area contributed by atoms with Crippen molar-refractivity contribution in [2.45, 2.75) is 82.2 Å². The summed E-state index contributed by atoms with van der Waals surface area (Å²) in [5.74, 6) is 0. The standard InChI is InChI=1S/C17H32N2O3S/c1-4-17(5-2)15(12-16(17)22-3)18-13-8-10-19(11-9-13)23(20,21)14-6-7-14/h13-16,18H,4-12H2,1-3H3/t15-,16-/m0/s1. The third kappa shape index (κ3) is 3.08. The molecule has 5 nitrogen and oxygen atoms in total. The summed E-state index contributed by atoms with van der Waals surface area (Å²) in [6, 6.07) is 0.958. The van der Waals surface area contributed by atoms with Gasteiger partial charge in [0.1, 0.15) is 0 Å². The second-order valence-corrected chi connectivity index (χ2v) is 9.75. The Morgan fingerprint density at radius 2 is 1.74 bits per heavy atom. The Morgan fingerprint density at radius 3 is 2.22 bits per heavy atom. The molecule has 1 aliphatic heterocycles. The van der Waals surface area contributed by atoms with Gasteiger partial charge in [0, 0.05) is 37.7 Å². The van der Waals surface area contributed by atoms with Gasteiger partial charge in [-0.25, -0.2) is 12.7 Å². The molecule has 0 unspecified atom stereocenters. The van der Waals surface area contributed by atoms with Gasteiger partial charge in [-0.05, 0) is 44.9 Å². The maximum Gasteiger partial charge on any atom is 0.216 e. The molecule has 0 amide bonds. The van der Waals surface area contributed by atoms with Gasteiger partial charge in [-0.15, -0.1) is 0 Å². The molecular formula is C17H32N2O3S. The number of ether oxygens (including phenoxy) is 1. The van der Waals surface area contributed by atoms with E-state index < -0.39 is 10.0 Å². The Bertz CT molecular complexity index is 506. The van der Waals surface area contributed by atoms with Crippen molar-refractivity contribution in [3.05, 3.63) is 0 Å². The van der Waals surface area contributed by atoms with Crippen LogP contribution in [0.2, 0.25) is 0 Å². The summed E-state index contributed by atoms with van der Waals surface area (Å²) in [5.41, 5.74) is 0.256. The van der Waals surface area contributed by atoms with E-state index in [1.54, 1.807) is 4.31 Å². The predicted octanol–water partition coefficient (Wildman–Crippen LogP) is 2.13. The molecule has 1 N–H and O–H groups in total. The highest BCUT2D eigenvalue weighted by Crippen LogP contribution is 2.49. The smallest absolute Gasteiger partial charge is 0.216 e. The average Bonchev–Trinajstić information content (AvgIpc) is 3.38. The van der Waals surface area contributed by atoms with Gasteiger partial charge in [0.05, 0.1) is 11.4 Å². The monoisotopic (exact) mass is 344 g/mol. The fraction of sp³-hybridized carbons (Fsp3) is 1.00. The van der Waals surface area contributed by atoms with Crippen molar-refractivity contribution in [2.24, 2.45) is 5.41 Å². The molecular weight excluding hydrogens is 312 g/mol. The zero-order valence-electron chi connectivity index (χ0n) is 14.8. The van der Waals surface area contributed by atoms with E-state index in [0.717, 1.165) is 44.9 Å². The molecule has 2 atom stereocenters. The molecule has 2 aliphatic carbocycles. The van der Waals surface area contributed by atoms with E-state index in [-0.39, 0.29) is 10.7 Å². The first kappa shape index (κ1) is 17.6. The van der Waals surface area contributed by atoms with Crippen molar-refractivity contribution in [3.8, 4) is 0 Å². The second-order valence-electron chi connectivity index (χ2n) is 7.54. The number of nitrogens with zero attached hydrogens (tertiary/aromatic N) is 1. The molecule has 0 aromatic carbocycles. The Morgan fingerprint density at radius 1 is 1.13 bits per heavy atom. The van der Waals surface area contributed by atoms with E-state index in [0.29, 0.717) is 31.3 Å². The first-order valence-corrected chi connectivity index (χ1v) is 10.8. The van der Waals surface area contributed by atoms with Crippen LogP contribution in [-0.2, 0) is 14.8 Å². The quantitative estimate of drug-likeness (QED) is 0.769. The van der Waals surface area contributed by atoms with E-state index in [2.05, 4.69) is 19.2 Å². The van der Waals surface area contributed by atoms with Gasteiger partial charge in [-0.3, -0.25) is 0 Å². The third-order valence-corrected chi connectivity index (χ3v) is 8.98. The van der Waals surface area contributed by atoms with Crippen molar-refractivity contribution >= 4 is 10.0 Å². The lowest BCUT2D eigenvalue weighted by atomic mass is 9.58. The molecule has 3 aliphatic rings. The predicted molar refractivity (Wildman–Crippen MR) is 91.9 cm³/mol. The van der Waals surface area contributed by atoms with E-state index in [1.807, 2.05) is 7.11 Å². The van der Waals surface area contributed by atoms with Crippen molar-refractivity contribution in [1.82, 2.24) is 9.62 Å². The first-order valence-electron chi connectivity index (χ1n) is 9.25. The van der Waals surface area contributed by atoms with Crippen molar-refractivity contribution in [2.75, 3.05) is 20.2 Å². The summed E-state index contributed by atoms with van der Waals surface area (Å²) >= 11 is 0. The largest absolute Gasteiger partial charge is 0.381 e. The van der Waals surface area contributed by atoms with Crippen LogP contribution in [0.4, 0.5) is 0 Å². The Balaban J connectivity index is 1.53. The molecule has 1 heterocycles. The number of nitrogens with one attached hydrogen (secondary N) is 1. The zero-order valence-corrected chi connectivity index (χ0v) is 15.6. The van der Waals surface area contributed by atoms with Gasteiger partial charge >= 0.3 is 0 Å². The van der Waals surface area contributed by atoms with Crippen LogP contribution in [0.5, 0.6) is 0 Å². The van der Waals surface area contributed by atoms with Gasteiger partial charge < -0.3 is 10.1 Å². The van der Waals surface area contributed by atoms with Gasteiger partial charge in [0.15, 0.2) is 0 Å². The van der Waals surface area contributed by atoms with Crippen molar-refractivity contribution in [1.29, 1.82) is 0 Å². The summed E-state index contributed by atoms with van der Waals surface area (Å²) in [6.07, 6.45) is 7.30. The number of hydrogen-bond donors (Lipinski definition) is 1. The van der Waals surface area contributed by atoms with Gasteiger partial charge in [0.25, 0.3) is 0 Å². The molecule has 0 spiro atoms. The highest BCUT2D eigenvalue weighted by Gasteiger charge is 2.53. The lowest BCUT2D eigenvalue weighted by Crippen LogP contribution is -2.65. The second kappa shape index (κ2) is 6.62. The zero-order chi connectivity index (χ0) is 16.7.